The van der Waals surface area contributed by atoms with E-state index in [0.717, 1.165) is 22.2 Å². The van der Waals surface area contributed by atoms with Crippen LogP contribution < -0.4 is 11.1 Å². The number of halogens is 1. The molecule has 29 heavy (non-hydrogen) atoms. The van der Waals surface area contributed by atoms with Gasteiger partial charge >= 0.3 is 0 Å². The van der Waals surface area contributed by atoms with Crippen molar-refractivity contribution in [3.8, 4) is 0 Å². The fourth-order valence-corrected chi connectivity index (χ4v) is 3.19. The summed E-state index contributed by atoms with van der Waals surface area (Å²) in [6, 6.07) is 13.7. The summed E-state index contributed by atoms with van der Waals surface area (Å²) < 4.78 is 1.93. The molecule has 4 rings (SSSR count). The second kappa shape index (κ2) is 8.15. The standard InChI is InChI=1S/C20H18ClN7O/c1-29-26-10-17-19(22)23-12-24-20(17)27-16-5-6-18-14(8-16)9-25-28(18)11-13-3-2-4-15(21)7-13/h2-10,12H,11H2,1H3,(H3,22,23,24,27). The molecule has 8 nitrogen and oxygen atoms in total. The van der Waals surface area contributed by atoms with Gasteiger partial charge in [-0.2, -0.15) is 5.10 Å². The lowest BCUT2D eigenvalue weighted by Crippen LogP contribution is -2.05. The molecule has 2 heterocycles. The number of oxime groups is 1. The molecule has 0 unspecified atom stereocenters. The number of nitrogens with one attached hydrogen (secondary N) is 1. The number of nitrogens with two attached hydrogens (primary N) is 1. The van der Waals surface area contributed by atoms with E-state index in [-0.39, 0.29) is 0 Å². The highest BCUT2D eigenvalue weighted by Crippen LogP contribution is 2.25. The van der Waals surface area contributed by atoms with Crippen LogP contribution in [-0.4, -0.2) is 33.1 Å². The molecule has 0 atom stereocenters. The zero-order valence-corrected chi connectivity index (χ0v) is 16.3. The number of anilines is 3. The Morgan fingerprint density at radius 1 is 1.24 bits per heavy atom. The fourth-order valence-electron chi connectivity index (χ4n) is 2.98. The van der Waals surface area contributed by atoms with Gasteiger partial charge in [0.25, 0.3) is 0 Å². The highest BCUT2D eigenvalue weighted by Gasteiger charge is 2.10. The van der Waals surface area contributed by atoms with Crippen molar-refractivity contribution in [2.24, 2.45) is 5.16 Å². The molecule has 4 aromatic rings. The molecule has 0 amide bonds. The van der Waals surface area contributed by atoms with Crippen LogP contribution in [0, 0.1) is 0 Å². The number of aromatic nitrogens is 4. The molecule has 0 saturated heterocycles. The average Bonchev–Trinajstić information content (AvgIpc) is 3.10. The lowest BCUT2D eigenvalue weighted by Gasteiger charge is -2.10. The Morgan fingerprint density at radius 3 is 2.97 bits per heavy atom. The number of nitrogen functional groups attached to an aromatic ring is 1. The molecule has 0 aliphatic rings. The lowest BCUT2D eigenvalue weighted by molar-refractivity contribution is 0.215. The molecule has 3 N–H and O–H groups in total. The molecule has 0 aliphatic carbocycles. The van der Waals surface area contributed by atoms with E-state index in [1.165, 1.54) is 19.7 Å². The van der Waals surface area contributed by atoms with Crippen molar-refractivity contribution in [1.29, 1.82) is 0 Å². The normalized spacial score (nSPS) is 11.2. The van der Waals surface area contributed by atoms with Gasteiger partial charge in [0.15, 0.2) is 0 Å². The first-order valence-corrected chi connectivity index (χ1v) is 9.16. The molecule has 0 fully saturated rings. The van der Waals surface area contributed by atoms with Crippen molar-refractivity contribution >= 4 is 46.0 Å². The van der Waals surface area contributed by atoms with Crippen molar-refractivity contribution in [2.75, 3.05) is 18.2 Å². The first kappa shape index (κ1) is 18.7. The van der Waals surface area contributed by atoms with E-state index in [4.69, 9.17) is 22.2 Å². The Morgan fingerprint density at radius 2 is 2.14 bits per heavy atom. The van der Waals surface area contributed by atoms with E-state index >= 15 is 0 Å². The summed E-state index contributed by atoms with van der Waals surface area (Å²) in [5, 5.41) is 13.2. The van der Waals surface area contributed by atoms with Crippen molar-refractivity contribution in [3.05, 3.63) is 71.1 Å². The third-order valence-corrected chi connectivity index (χ3v) is 4.56. The number of benzene rings is 2. The molecular weight excluding hydrogens is 390 g/mol. The van der Waals surface area contributed by atoms with E-state index < -0.39 is 0 Å². The largest absolute Gasteiger partial charge is 0.399 e. The van der Waals surface area contributed by atoms with Crippen LogP contribution in [0.3, 0.4) is 0 Å². The first-order chi connectivity index (χ1) is 14.1. The maximum Gasteiger partial charge on any atom is 0.144 e. The number of rotatable bonds is 6. The maximum absolute atomic E-state index is 6.08. The topological polar surface area (TPSA) is 103 Å². The number of hydrogen-bond donors (Lipinski definition) is 2. The van der Waals surface area contributed by atoms with E-state index in [1.54, 1.807) is 0 Å². The second-order valence-electron chi connectivity index (χ2n) is 6.27. The minimum atomic E-state index is 0.304. The number of hydrogen-bond acceptors (Lipinski definition) is 7. The first-order valence-electron chi connectivity index (χ1n) is 8.78. The van der Waals surface area contributed by atoms with Gasteiger partial charge in [0, 0.05) is 16.1 Å². The minimum Gasteiger partial charge on any atom is -0.399 e. The Bertz CT molecular complexity index is 1190. The third-order valence-electron chi connectivity index (χ3n) is 4.33. The van der Waals surface area contributed by atoms with Crippen molar-refractivity contribution in [3.63, 3.8) is 0 Å². The Labute approximate surface area is 172 Å². The predicted molar refractivity (Wildman–Crippen MR) is 115 cm³/mol. The number of nitrogens with zero attached hydrogens (tertiary/aromatic N) is 5. The summed E-state index contributed by atoms with van der Waals surface area (Å²) in [7, 11) is 1.46. The van der Waals surface area contributed by atoms with Gasteiger partial charge in [-0.1, -0.05) is 28.9 Å². The SMILES string of the molecule is CON=Cc1c(N)ncnc1Nc1ccc2c(cnn2Cc2cccc(Cl)c2)c1. The molecule has 0 bridgehead atoms. The van der Waals surface area contributed by atoms with Crippen LogP contribution in [0.4, 0.5) is 17.3 Å². The van der Waals surface area contributed by atoms with Gasteiger partial charge in [-0.25, -0.2) is 9.97 Å². The van der Waals surface area contributed by atoms with Gasteiger partial charge in [0.05, 0.1) is 30.0 Å². The monoisotopic (exact) mass is 407 g/mol. The van der Waals surface area contributed by atoms with Gasteiger partial charge in [-0.15, -0.1) is 0 Å². The van der Waals surface area contributed by atoms with E-state index in [0.29, 0.717) is 28.8 Å². The Hall–Kier alpha value is -3.65. The van der Waals surface area contributed by atoms with Crippen LogP contribution in [0.1, 0.15) is 11.1 Å². The van der Waals surface area contributed by atoms with Crippen molar-refractivity contribution in [1.82, 2.24) is 19.7 Å². The molecule has 0 aliphatic heterocycles. The average molecular weight is 408 g/mol. The van der Waals surface area contributed by atoms with Crippen LogP contribution in [0.2, 0.25) is 5.02 Å². The maximum atomic E-state index is 6.08. The van der Waals surface area contributed by atoms with Crippen LogP contribution in [0.25, 0.3) is 10.9 Å². The number of fused-ring (bicyclic) bond motifs is 1. The minimum absolute atomic E-state index is 0.304. The molecule has 0 saturated carbocycles. The van der Waals surface area contributed by atoms with Gasteiger partial charge < -0.3 is 15.9 Å². The third kappa shape index (κ3) is 4.12. The van der Waals surface area contributed by atoms with E-state index in [9.17, 15) is 0 Å². The molecule has 9 heteroatoms. The fraction of sp³-hybridized carbons (Fsp3) is 0.100. The van der Waals surface area contributed by atoms with E-state index in [1.807, 2.05) is 53.3 Å². The zero-order valence-electron chi connectivity index (χ0n) is 15.6. The van der Waals surface area contributed by atoms with Gasteiger partial charge in [-0.3, -0.25) is 4.68 Å². The van der Waals surface area contributed by atoms with Crippen LogP contribution in [0.15, 0.2) is 60.1 Å². The van der Waals surface area contributed by atoms with E-state index in [2.05, 4.69) is 25.5 Å². The van der Waals surface area contributed by atoms with Crippen LogP contribution >= 0.6 is 11.6 Å². The Balaban J connectivity index is 1.61. The van der Waals surface area contributed by atoms with Crippen LogP contribution in [0.5, 0.6) is 0 Å². The molecule has 2 aromatic carbocycles. The van der Waals surface area contributed by atoms with Gasteiger partial charge in [0.1, 0.15) is 25.1 Å². The second-order valence-corrected chi connectivity index (χ2v) is 6.71. The summed E-state index contributed by atoms with van der Waals surface area (Å²) in [5.74, 6) is 0.836. The lowest BCUT2D eigenvalue weighted by atomic mass is 10.2. The molecule has 0 spiro atoms. The van der Waals surface area contributed by atoms with Crippen molar-refractivity contribution < 1.29 is 4.84 Å². The summed E-state index contributed by atoms with van der Waals surface area (Å²) >= 11 is 6.08. The van der Waals surface area contributed by atoms with Crippen LogP contribution in [-0.2, 0) is 11.4 Å². The quantitative estimate of drug-likeness (QED) is 0.372. The summed E-state index contributed by atoms with van der Waals surface area (Å²) in [5.41, 5.74) is 9.42. The summed E-state index contributed by atoms with van der Waals surface area (Å²) in [4.78, 5) is 13.0. The van der Waals surface area contributed by atoms with Gasteiger partial charge in [-0.05, 0) is 35.9 Å². The molecule has 146 valence electrons. The zero-order chi connectivity index (χ0) is 20.2. The highest BCUT2D eigenvalue weighted by molar-refractivity contribution is 6.30. The smallest absolute Gasteiger partial charge is 0.144 e. The summed E-state index contributed by atoms with van der Waals surface area (Å²) in [6.07, 6.45) is 4.69. The highest BCUT2D eigenvalue weighted by atomic mass is 35.5. The predicted octanol–water partition coefficient (Wildman–Crippen LogP) is 3.83. The molecular formula is C20H18ClN7O. The van der Waals surface area contributed by atoms with Crippen molar-refractivity contribution in [2.45, 2.75) is 6.54 Å². The molecule has 2 aromatic heterocycles. The summed E-state index contributed by atoms with van der Waals surface area (Å²) in [6.45, 7) is 0.636. The molecule has 0 radical (unpaired) electrons. The Kier molecular flexibility index (Phi) is 5.26. The van der Waals surface area contributed by atoms with Gasteiger partial charge in [0.2, 0.25) is 0 Å².